The Morgan fingerprint density at radius 1 is 0.443 bits per heavy atom. The summed E-state index contributed by atoms with van der Waals surface area (Å²) >= 11 is 3.81. The van der Waals surface area contributed by atoms with E-state index in [1.54, 1.807) is 0 Å². The third-order valence-electron chi connectivity index (χ3n) is 12.9. The molecule has 7 aromatic rings. The van der Waals surface area contributed by atoms with Crippen molar-refractivity contribution >= 4 is 98.7 Å². The van der Waals surface area contributed by atoms with Gasteiger partial charge in [0.25, 0.3) is 6.71 Å². The van der Waals surface area contributed by atoms with Gasteiger partial charge in [-0.2, -0.15) is 0 Å². The second-order valence-corrected chi connectivity index (χ2v) is 22.3. The first kappa shape index (κ1) is 38.8. The van der Waals surface area contributed by atoms with Crippen LogP contribution in [0.3, 0.4) is 0 Å². The zero-order valence-corrected chi connectivity index (χ0v) is 38.4. The number of nitrogens with zero attached hydrogens (tertiary/aromatic N) is 2. The van der Waals surface area contributed by atoms with E-state index in [9.17, 15) is 0 Å². The van der Waals surface area contributed by atoms with Crippen LogP contribution in [0, 0.1) is 0 Å². The van der Waals surface area contributed by atoms with Crippen molar-refractivity contribution < 1.29 is 18.9 Å². The highest BCUT2D eigenvalue weighted by atomic mass is 32.1. The van der Waals surface area contributed by atoms with E-state index in [1.807, 2.05) is 22.7 Å². The summed E-state index contributed by atoms with van der Waals surface area (Å²) in [7, 11) is 0. The molecule has 0 atom stereocenters. The Bertz CT molecular complexity index is 2740. The largest absolute Gasteiger partial charge is 0.490 e. The molecule has 6 heterocycles. The van der Waals surface area contributed by atoms with Crippen LogP contribution in [0.2, 0.25) is 0 Å². The van der Waals surface area contributed by atoms with Gasteiger partial charge in [-0.05, 0) is 109 Å². The maximum Gasteiger partial charge on any atom is 0.256 e. The molecule has 4 aliphatic heterocycles. The first-order valence-corrected chi connectivity index (χ1v) is 23.5. The van der Waals surface area contributed by atoms with Crippen molar-refractivity contribution in [1.82, 2.24) is 0 Å². The lowest BCUT2D eigenvalue weighted by atomic mass is 9.33. The number of rotatable bonds is 2. The van der Waals surface area contributed by atoms with Crippen molar-refractivity contribution in [3.63, 3.8) is 0 Å². The Morgan fingerprint density at radius 2 is 0.852 bits per heavy atom. The monoisotopic (exact) mass is 844 g/mol. The molecule has 0 spiro atoms. The molecule has 0 bridgehead atoms. The Balaban J connectivity index is 1.29. The molecule has 0 radical (unpaired) electrons. The van der Waals surface area contributed by atoms with Gasteiger partial charge in [0.15, 0.2) is 23.0 Å². The average Bonchev–Trinajstić information content (AvgIpc) is 3.55. The fourth-order valence-electron chi connectivity index (χ4n) is 9.50. The Hall–Kier alpha value is -5.12. The minimum Gasteiger partial charge on any atom is -0.490 e. The van der Waals surface area contributed by atoms with Crippen LogP contribution in [-0.2, 0) is 16.2 Å². The van der Waals surface area contributed by atoms with Crippen LogP contribution in [0.5, 0.6) is 23.0 Å². The minimum atomic E-state index is -0.141. The lowest BCUT2D eigenvalue weighted by Crippen LogP contribution is -2.60. The van der Waals surface area contributed by atoms with Crippen molar-refractivity contribution in [3.8, 4) is 23.0 Å². The third-order valence-corrected chi connectivity index (χ3v) is 15.2. The molecule has 2 aromatic heterocycles. The normalized spacial score (nSPS) is 16.0. The van der Waals surface area contributed by atoms with Crippen molar-refractivity contribution in [2.75, 3.05) is 36.2 Å². The predicted octanol–water partition coefficient (Wildman–Crippen LogP) is 12.4. The average molecular weight is 845 g/mol. The third kappa shape index (κ3) is 6.24. The van der Waals surface area contributed by atoms with Gasteiger partial charge in [0.1, 0.15) is 0 Å². The van der Waals surface area contributed by atoms with Gasteiger partial charge in [-0.25, -0.2) is 0 Å². The number of fused-ring (bicyclic) bond motifs is 10. The minimum absolute atomic E-state index is 0.0152. The first-order chi connectivity index (χ1) is 29.1. The molecule has 0 aliphatic carbocycles. The highest BCUT2D eigenvalue weighted by molar-refractivity contribution is 7.29. The van der Waals surface area contributed by atoms with Crippen LogP contribution >= 0.6 is 22.7 Å². The lowest BCUT2D eigenvalue weighted by Gasteiger charge is -2.43. The molecule has 0 saturated carbocycles. The smallest absolute Gasteiger partial charge is 0.256 e. The van der Waals surface area contributed by atoms with Crippen LogP contribution < -0.4 is 45.1 Å². The number of thiophene rings is 2. The molecule has 11 rings (SSSR count). The van der Waals surface area contributed by atoms with E-state index < -0.39 is 0 Å². The molecule has 9 heteroatoms. The molecular formula is C52H53BN2O4S2. The second-order valence-electron chi connectivity index (χ2n) is 20.2. The van der Waals surface area contributed by atoms with Gasteiger partial charge < -0.3 is 28.7 Å². The highest BCUT2D eigenvalue weighted by Gasteiger charge is 2.48. The van der Waals surface area contributed by atoms with Gasteiger partial charge in [-0.3, -0.25) is 0 Å². The summed E-state index contributed by atoms with van der Waals surface area (Å²) in [6.45, 7) is 23.5. The Labute approximate surface area is 368 Å². The lowest BCUT2D eigenvalue weighted by molar-refractivity contribution is 0.296. The SMILES string of the molecule is CC(C)(C)c1cc2c3c(c1)N(c1ccc4c(c1)OCCCO4)c1sc4ccc(C(C)(C)C)cc4c1B3c1c(sc3ccc(C(C)(C)C)cc13)N2c1ccc2c(c1)OCCCO2. The molecule has 5 aromatic carbocycles. The number of ether oxygens (including phenoxy) is 4. The number of anilines is 6. The first-order valence-electron chi connectivity index (χ1n) is 21.9. The molecule has 0 N–H and O–H groups in total. The van der Waals surface area contributed by atoms with Gasteiger partial charge in [-0.15, -0.1) is 22.7 Å². The highest BCUT2D eigenvalue weighted by Crippen LogP contribution is 2.53. The van der Waals surface area contributed by atoms with Crippen LogP contribution in [0.25, 0.3) is 20.2 Å². The van der Waals surface area contributed by atoms with E-state index in [0.717, 1.165) is 47.2 Å². The molecular weight excluding hydrogens is 792 g/mol. The van der Waals surface area contributed by atoms with E-state index in [-0.39, 0.29) is 23.0 Å². The molecule has 0 saturated heterocycles. The van der Waals surface area contributed by atoms with Gasteiger partial charge >= 0.3 is 0 Å². The second kappa shape index (κ2) is 13.7. The summed E-state index contributed by atoms with van der Waals surface area (Å²) in [6.07, 6.45) is 1.72. The molecule has 4 aliphatic rings. The maximum absolute atomic E-state index is 6.40. The summed E-state index contributed by atoms with van der Waals surface area (Å²) in [5.41, 5.74) is 12.4. The number of benzene rings is 5. The van der Waals surface area contributed by atoms with Gasteiger partial charge in [0.2, 0.25) is 0 Å². The maximum atomic E-state index is 6.40. The Morgan fingerprint density at radius 3 is 1.26 bits per heavy atom. The van der Waals surface area contributed by atoms with E-state index >= 15 is 0 Å². The summed E-state index contributed by atoms with van der Waals surface area (Å²) < 4.78 is 27.8. The molecule has 0 fully saturated rings. The summed E-state index contributed by atoms with van der Waals surface area (Å²) in [4.78, 5) is 5.09. The van der Waals surface area contributed by atoms with Crippen LogP contribution in [-0.4, -0.2) is 33.1 Å². The number of hydrogen-bond acceptors (Lipinski definition) is 8. The fraction of sp³-hybridized carbons (Fsp3) is 0.346. The van der Waals surface area contributed by atoms with E-state index in [4.69, 9.17) is 18.9 Å². The molecule has 61 heavy (non-hydrogen) atoms. The summed E-state index contributed by atoms with van der Waals surface area (Å²) in [6, 6.07) is 32.4. The zero-order valence-electron chi connectivity index (χ0n) is 36.7. The van der Waals surface area contributed by atoms with E-state index in [0.29, 0.717) is 26.4 Å². The molecule has 310 valence electrons. The van der Waals surface area contributed by atoms with Crippen molar-refractivity contribution in [3.05, 3.63) is 102 Å². The van der Waals surface area contributed by atoms with Crippen molar-refractivity contribution in [1.29, 1.82) is 0 Å². The molecule has 6 nitrogen and oxygen atoms in total. The van der Waals surface area contributed by atoms with Crippen LogP contribution in [0.4, 0.5) is 32.8 Å². The fourth-order valence-corrected chi connectivity index (χ4v) is 12.0. The molecule has 0 unspecified atom stereocenters. The number of hydrogen-bond donors (Lipinski definition) is 0. The van der Waals surface area contributed by atoms with E-state index in [1.165, 1.54) is 74.6 Å². The van der Waals surface area contributed by atoms with Gasteiger partial charge in [0, 0.05) is 45.7 Å². The van der Waals surface area contributed by atoms with Crippen molar-refractivity contribution in [2.24, 2.45) is 0 Å². The summed E-state index contributed by atoms with van der Waals surface area (Å²) in [5, 5.41) is 5.17. The predicted molar refractivity (Wildman–Crippen MR) is 259 cm³/mol. The topological polar surface area (TPSA) is 43.4 Å². The van der Waals surface area contributed by atoms with Crippen LogP contribution in [0.15, 0.2) is 84.9 Å². The standard InChI is InChI=1S/C52H53BN2O4S2/c1-50(2,3)30-12-18-43-35(24-30)45-48(60-43)54(33-14-16-39-41(28-33)58-22-10-20-56-39)37-26-32(52(7,8)9)27-38-47(37)53(45)46-36-25-31(51(4,5)6)13-19-44(36)61-49(46)55(38)34-15-17-40-42(29-34)59-23-11-21-57-40/h12-19,24-29H,10-11,20-23H2,1-9H3. The molecule has 0 amide bonds. The van der Waals surface area contributed by atoms with Crippen molar-refractivity contribution in [2.45, 2.75) is 91.4 Å². The Kier molecular flexibility index (Phi) is 8.70. The van der Waals surface area contributed by atoms with Gasteiger partial charge in [0.05, 0.1) is 47.8 Å². The van der Waals surface area contributed by atoms with E-state index in [2.05, 4.69) is 157 Å². The van der Waals surface area contributed by atoms with Crippen LogP contribution in [0.1, 0.15) is 91.8 Å². The van der Waals surface area contributed by atoms with Gasteiger partial charge in [-0.1, -0.05) is 86.6 Å². The zero-order chi connectivity index (χ0) is 42.2. The quantitative estimate of drug-likeness (QED) is 0.162. The summed E-state index contributed by atoms with van der Waals surface area (Å²) in [5.74, 6) is 3.20.